The molecule has 1 aromatic heterocycles. The Hall–Kier alpha value is -1.11. The highest BCUT2D eigenvalue weighted by atomic mass is 79.9. The Morgan fingerprint density at radius 3 is 2.83 bits per heavy atom. The highest BCUT2D eigenvalue weighted by Crippen LogP contribution is 2.28. The van der Waals surface area contributed by atoms with Crippen LogP contribution in [0.1, 0.15) is 4.88 Å². The molecule has 0 aliphatic rings. The van der Waals surface area contributed by atoms with E-state index in [-0.39, 0.29) is 10.7 Å². The van der Waals surface area contributed by atoms with Crippen molar-refractivity contribution >= 4 is 50.2 Å². The molecule has 2 aromatic rings. The molecular weight excluding hydrogens is 340 g/mol. The Bertz CT molecular complexity index is 588. The lowest BCUT2D eigenvalue weighted by molar-refractivity contribution is -0.384. The summed E-state index contributed by atoms with van der Waals surface area (Å²) in [5.41, 5.74) is 0.588. The molecule has 0 spiro atoms. The Morgan fingerprint density at radius 1 is 1.44 bits per heavy atom. The van der Waals surface area contributed by atoms with E-state index >= 15 is 0 Å². The van der Waals surface area contributed by atoms with Crippen molar-refractivity contribution in [1.82, 2.24) is 0 Å². The van der Waals surface area contributed by atoms with Crippen molar-refractivity contribution in [2.45, 2.75) is 6.54 Å². The minimum Gasteiger partial charge on any atom is -0.380 e. The van der Waals surface area contributed by atoms with Gasteiger partial charge >= 0.3 is 0 Å². The molecule has 94 valence electrons. The van der Waals surface area contributed by atoms with Crippen molar-refractivity contribution in [2.75, 3.05) is 5.32 Å². The van der Waals surface area contributed by atoms with Crippen LogP contribution in [0.3, 0.4) is 0 Å². The summed E-state index contributed by atoms with van der Waals surface area (Å²) in [5.74, 6) is 0. The predicted molar refractivity (Wildman–Crippen MR) is 77.5 cm³/mol. The molecule has 0 radical (unpaired) electrons. The van der Waals surface area contributed by atoms with Crippen LogP contribution in [0.25, 0.3) is 0 Å². The monoisotopic (exact) mass is 346 g/mol. The smallest absolute Gasteiger partial charge is 0.289 e. The van der Waals surface area contributed by atoms with Crippen LogP contribution in [0, 0.1) is 10.1 Å². The zero-order chi connectivity index (χ0) is 13.1. The summed E-state index contributed by atoms with van der Waals surface area (Å²) in [6.45, 7) is 0.620. The van der Waals surface area contributed by atoms with Crippen LogP contribution in [0.15, 0.2) is 34.1 Å². The van der Waals surface area contributed by atoms with Gasteiger partial charge in [-0.2, -0.15) is 0 Å². The van der Waals surface area contributed by atoms with Crippen LogP contribution >= 0.6 is 38.9 Å². The second-order valence-electron chi connectivity index (χ2n) is 3.51. The summed E-state index contributed by atoms with van der Waals surface area (Å²) < 4.78 is 1.03. The van der Waals surface area contributed by atoms with Crippen LogP contribution in [0.2, 0.25) is 5.02 Å². The largest absolute Gasteiger partial charge is 0.380 e. The van der Waals surface area contributed by atoms with Crippen molar-refractivity contribution in [2.24, 2.45) is 0 Å². The van der Waals surface area contributed by atoms with E-state index in [1.165, 1.54) is 12.1 Å². The normalized spacial score (nSPS) is 10.3. The van der Waals surface area contributed by atoms with Crippen LogP contribution in [-0.4, -0.2) is 4.92 Å². The molecule has 1 N–H and O–H groups in total. The van der Waals surface area contributed by atoms with Gasteiger partial charge in [0, 0.05) is 33.0 Å². The molecule has 0 bridgehead atoms. The summed E-state index contributed by atoms with van der Waals surface area (Å²) in [6.07, 6.45) is 0. The summed E-state index contributed by atoms with van der Waals surface area (Å²) >= 11 is 10.7. The highest BCUT2D eigenvalue weighted by molar-refractivity contribution is 9.10. The van der Waals surface area contributed by atoms with E-state index in [9.17, 15) is 10.1 Å². The first-order valence-electron chi connectivity index (χ1n) is 4.97. The maximum absolute atomic E-state index is 10.7. The Labute approximate surface area is 121 Å². The van der Waals surface area contributed by atoms with Gasteiger partial charge in [-0.25, -0.2) is 0 Å². The van der Waals surface area contributed by atoms with Crippen molar-refractivity contribution in [3.63, 3.8) is 0 Å². The van der Waals surface area contributed by atoms with Gasteiger partial charge in [0.05, 0.1) is 4.92 Å². The zero-order valence-corrected chi connectivity index (χ0v) is 12.2. The fourth-order valence-corrected chi connectivity index (χ4v) is 2.98. The number of halogens is 2. The number of anilines is 1. The second-order valence-corrected chi connectivity index (χ2v) is 5.83. The average molecular weight is 348 g/mol. The molecule has 7 heteroatoms. The van der Waals surface area contributed by atoms with Crippen LogP contribution in [0.4, 0.5) is 11.4 Å². The highest BCUT2D eigenvalue weighted by Gasteiger charge is 2.12. The van der Waals surface area contributed by atoms with E-state index in [2.05, 4.69) is 21.2 Å². The second kappa shape index (κ2) is 5.69. The van der Waals surface area contributed by atoms with Gasteiger partial charge in [-0.3, -0.25) is 10.1 Å². The van der Waals surface area contributed by atoms with Crippen molar-refractivity contribution in [3.05, 3.63) is 54.1 Å². The first-order chi connectivity index (χ1) is 8.56. The van der Waals surface area contributed by atoms with Gasteiger partial charge in [0.15, 0.2) is 0 Å². The number of nitrogens with one attached hydrogen (secondary N) is 1. The summed E-state index contributed by atoms with van der Waals surface area (Å²) in [6, 6.07) is 6.68. The van der Waals surface area contributed by atoms with Gasteiger partial charge < -0.3 is 5.32 Å². The molecule has 4 nitrogen and oxygen atoms in total. The number of nitro groups is 1. The molecule has 0 fully saturated rings. The molecule has 18 heavy (non-hydrogen) atoms. The van der Waals surface area contributed by atoms with Gasteiger partial charge in [-0.15, -0.1) is 11.3 Å². The summed E-state index contributed by atoms with van der Waals surface area (Å²) in [5, 5.41) is 16.0. The summed E-state index contributed by atoms with van der Waals surface area (Å²) in [7, 11) is 0. The van der Waals surface area contributed by atoms with Gasteiger partial charge in [0.2, 0.25) is 0 Å². The van der Waals surface area contributed by atoms with Gasteiger partial charge in [-0.1, -0.05) is 11.6 Å². The first kappa shape index (κ1) is 13.3. The third-order valence-electron chi connectivity index (χ3n) is 2.23. The molecule has 0 aliphatic heterocycles. The quantitative estimate of drug-likeness (QED) is 0.645. The fourth-order valence-electron chi connectivity index (χ4n) is 1.40. The third kappa shape index (κ3) is 3.22. The molecule has 1 aromatic carbocycles. The molecule has 0 saturated heterocycles. The minimum absolute atomic E-state index is 0.0889. The third-order valence-corrected chi connectivity index (χ3v) is 4.25. The zero-order valence-electron chi connectivity index (χ0n) is 9.02. The Balaban J connectivity index is 2.10. The number of hydrogen-bond acceptors (Lipinski definition) is 4. The van der Waals surface area contributed by atoms with Gasteiger partial charge in [0.1, 0.15) is 5.02 Å². The Morgan fingerprint density at radius 2 is 2.22 bits per heavy atom. The summed E-state index contributed by atoms with van der Waals surface area (Å²) in [4.78, 5) is 11.4. The molecular formula is C11H8BrClN2O2S. The number of benzene rings is 1. The molecule has 2 rings (SSSR count). The predicted octanol–water partition coefficient (Wildman–Crippen LogP) is 4.68. The minimum atomic E-state index is -0.491. The number of hydrogen-bond donors (Lipinski definition) is 1. The standard InChI is InChI=1S/C11H8BrClN2O2S/c12-7-3-9(18-6-7)5-14-8-1-2-10(13)11(4-8)15(16)17/h1-4,6,14H,5H2. The first-order valence-corrected chi connectivity index (χ1v) is 7.02. The number of rotatable bonds is 4. The van der Waals surface area contributed by atoms with Crippen LogP contribution in [-0.2, 0) is 6.54 Å². The molecule has 0 amide bonds. The SMILES string of the molecule is O=[N+]([O-])c1cc(NCc2cc(Br)cs2)ccc1Cl. The van der Waals surface area contributed by atoms with E-state index < -0.39 is 4.92 Å². The lowest BCUT2D eigenvalue weighted by Gasteiger charge is -2.05. The van der Waals surface area contributed by atoms with E-state index in [4.69, 9.17) is 11.6 Å². The van der Waals surface area contributed by atoms with Gasteiger partial charge in [0.25, 0.3) is 5.69 Å². The van der Waals surface area contributed by atoms with Gasteiger partial charge in [-0.05, 0) is 34.1 Å². The fraction of sp³-hybridized carbons (Fsp3) is 0.0909. The maximum atomic E-state index is 10.7. The lowest BCUT2D eigenvalue weighted by atomic mass is 10.2. The number of nitro benzene ring substituents is 1. The molecule has 0 unspecified atom stereocenters. The molecule has 0 aliphatic carbocycles. The van der Waals surface area contributed by atoms with E-state index in [0.717, 1.165) is 9.35 Å². The maximum Gasteiger partial charge on any atom is 0.289 e. The number of nitrogens with zero attached hydrogens (tertiary/aromatic N) is 1. The average Bonchev–Trinajstić information content (AvgIpc) is 2.74. The molecule has 1 heterocycles. The van der Waals surface area contributed by atoms with Crippen molar-refractivity contribution in [3.8, 4) is 0 Å². The van der Waals surface area contributed by atoms with E-state index in [1.54, 1.807) is 17.4 Å². The van der Waals surface area contributed by atoms with Crippen molar-refractivity contribution < 1.29 is 4.92 Å². The Kier molecular flexibility index (Phi) is 4.21. The number of thiophene rings is 1. The lowest BCUT2D eigenvalue weighted by Crippen LogP contribution is -1.98. The topological polar surface area (TPSA) is 55.2 Å². The van der Waals surface area contributed by atoms with E-state index in [0.29, 0.717) is 12.2 Å². The molecule has 0 atom stereocenters. The van der Waals surface area contributed by atoms with Crippen LogP contribution in [0.5, 0.6) is 0 Å². The van der Waals surface area contributed by atoms with Crippen LogP contribution < -0.4 is 5.32 Å². The van der Waals surface area contributed by atoms with Crippen molar-refractivity contribution in [1.29, 1.82) is 0 Å². The molecule has 0 saturated carbocycles. The van der Waals surface area contributed by atoms with E-state index in [1.807, 2.05) is 11.4 Å².